The van der Waals surface area contributed by atoms with Crippen LogP contribution < -0.4 is 11.1 Å². The zero-order valence-electron chi connectivity index (χ0n) is 19.3. The first-order chi connectivity index (χ1) is 15.0. The molecule has 0 aliphatic heterocycles. The molecule has 4 bridgehead atoms. The summed E-state index contributed by atoms with van der Waals surface area (Å²) < 4.78 is 0. The van der Waals surface area contributed by atoms with Gasteiger partial charge in [0.05, 0.1) is 5.41 Å². The van der Waals surface area contributed by atoms with Gasteiger partial charge in [-0.25, -0.2) is 4.99 Å². The molecule has 5 unspecified atom stereocenters. The number of nitrogens with two attached hydrogens (primary N) is 1. The van der Waals surface area contributed by atoms with Gasteiger partial charge in [-0.2, -0.15) is 0 Å². The van der Waals surface area contributed by atoms with Gasteiger partial charge in [-0.1, -0.05) is 37.3 Å². The fourth-order valence-corrected chi connectivity index (χ4v) is 8.20. The highest BCUT2D eigenvalue weighted by Gasteiger charge is 2.74. The highest BCUT2D eigenvalue weighted by Crippen LogP contribution is 2.74. The Kier molecular flexibility index (Phi) is 5.37. The molecule has 6 rings (SSSR count). The lowest BCUT2D eigenvalue weighted by Crippen LogP contribution is -2.55. The SMILES string of the molecule is CCNC1(C)C2CC3(c4ccccc4)CC1C(C(=O)/N=C/C1CCC(CN)CC1)(C2)C3. The summed E-state index contributed by atoms with van der Waals surface area (Å²) in [5.41, 5.74) is 7.18. The fraction of sp³-hybridized carbons (Fsp3) is 0.704. The van der Waals surface area contributed by atoms with E-state index in [9.17, 15) is 4.79 Å². The van der Waals surface area contributed by atoms with Crippen LogP contribution in [0.3, 0.4) is 0 Å². The van der Waals surface area contributed by atoms with Crippen molar-refractivity contribution in [2.75, 3.05) is 13.1 Å². The quantitative estimate of drug-likeness (QED) is 0.666. The Labute approximate surface area is 187 Å². The molecule has 0 spiro atoms. The fourth-order valence-electron chi connectivity index (χ4n) is 8.20. The van der Waals surface area contributed by atoms with E-state index in [1.165, 1.54) is 24.8 Å². The van der Waals surface area contributed by atoms with Gasteiger partial charge in [0.25, 0.3) is 5.91 Å². The molecular formula is C27H39N3O. The van der Waals surface area contributed by atoms with Crippen LogP contribution in [0.25, 0.3) is 0 Å². The van der Waals surface area contributed by atoms with Crippen LogP contribution in [0.5, 0.6) is 0 Å². The number of amides is 1. The molecule has 0 saturated heterocycles. The van der Waals surface area contributed by atoms with Crippen molar-refractivity contribution in [3.8, 4) is 0 Å². The smallest absolute Gasteiger partial charge is 0.251 e. The van der Waals surface area contributed by atoms with E-state index in [0.717, 1.165) is 45.2 Å². The molecule has 5 fully saturated rings. The zero-order chi connectivity index (χ0) is 21.7. The molecule has 168 valence electrons. The van der Waals surface area contributed by atoms with Crippen molar-refractivity contribution in [1.82, 2.24) is 5.32 Å². The average Bonchev–Trinajstić information content (AvgIpc) is 3.15. The summed E-state index contributed by atoms with van der Waals surface area (Å²) in [5.74, 6) is 2.19. The predicted molar refractivity (Wildman–Crippen MR) is 126 cm³/mol. The molecular weight excluding hydrogens is 382 g/mol. The maximum absolute atomic E-state index is 13.8. The van der Waals surface area contributed by atoms with Gasteiger partial charge in [-0.05, 0) is 106 Å². The third-order valence-corrected chi connectivity index (χ3v) is 9.73. The number of rotatable bonds is 6. The number of nitrogens with zero attached hydrogens (tertiary/aromatic N) is 1. The summed E-state index contributed by atoms with van der Waals surface area (Å²) in [6.07, 6.45) is 10.9. The Morgan fingerprint density at radius 1 is 1.16 bits per heavy atom. The largest absolute Gasteiger partial charge is 0.330 e. The number of carbonyl (C=O) groups excluding carboxylic acids is 1. The molecule has 1 aromatic rings. The van der Waals surface area contributed by atoms with Gasteiger partial charge in [0.15, 0.2) is 0 Å². The van der Waals surface area contributed by atoms with E-state index in [-0.39, 0.29) is 22.3 Å². The van der Waals surface area contributed by atoms with E-state index >= 15 is 0 Å². The van der Waals surface area contributed by atoms with Gasteiger partial charge in [0.1, 0.15) is 0 Å². The van der Waals surface area contributed by atoms with Crippen LogP contribution in [-0.2, 0) is 10.2 Å². The second-order valence-electron chi connectivity index (χ2n) is 11.3. The van der Waals surface area contributed by atoms with Crippen molar-refractivity contribution in [2.24, 2.45) is 39.8 Å². The van der Waals surface area contributed by atoms with Gasteiger partial charge in [-0.15, -0.1) is 0 Å². The molecule has 0 heterocycles. The van der Waals surface area contributed by atoms with Crippen molar-refractivity contribution >= 4 is 12.1 Å². The number of aliphatic imine (C=N–C) groups is 1. The molecule has 4 heteroatoms. The van der Waals surface area contributed by atoms with Crippen LogP contribution in [0.4, 0.5) is 0 Å². The lowest BCUT2D eigenvalue weighted by molar-refractivity contribution is -0.129. The normalized spacial score (nSPS) is 43.7. The molecule has 3 N–H and O–H groups in total. The minimum atomic E-state index is -0.291. The second-order valence-corrected chi connectivity index (χ2v) is 11.3. The third kappa shape index (κ3) is 3.24. The number of hydrogen-bond donors (Lipinski definition) is 2. The molecule has 5 saturated carbocycles. The third-order valence-electron chi connectivity index (χ3n) is 9.73. The Bertz CT molecular complexity index is 845. The number of carbonyl (C=O) groups is 1. The van der Waals surface area contributed by atoms with E-state index < -0.39 is 0 Å². The maximum Gasteiger partial charge on any atom is 0.251 e. The highest BCUT2D eigenvalue weighted by molar-refractivity contribution is 5.91. The van der Waals surface area contributed by atoms with Crippen LogP contribution in [0.2, 0.25) is 0 Å². The predicted octanol–water partition coefficient (Wildman–Crippen LogP) is 4.48. The molecule has 5 aliphatic carbocycles. The first kappa shape index (κ1) is 21.3. The second kappa shape index (κ2) is 7.81. The molecule has 5 aliphatic rings. The minimum absolute atomic E-state index is 0.0495. The van der Waals surface area contributed by atoms with Crippen molar-refractivity contribution in [1.29, 1.82) is 0 Å². The summed E-state index contributed by atoms with van der Waals surface area (Å²) in [7, 11) is 0. The number of hydrogen-bond acceptors (Lipinski definition) is 3. The average molecular weight is 422 g/mol. The molecule has 1 amide bonds. The van der Waals surface area contributed by atoms with E-state index in [0.29, 0.717) is 23.7 Å². The molecule has 4 nitrogen and oxygen atoms in total. The molecule has 1 aromatic carbocycles. The first-order valence-corrected chi connectivity index (χ1v) is 12.5. The maximum atomic E-state index is 13.8. The van der Waals surface area contributed by atoms with E-state index in [2.05, 4.69) is 49.5 Å². The topological polar surface area (TPSA) is 67.5 Å². The highest BCUT2D eigenvalue weighted by atomic mass is 16.1. The van der Waals surface area contributed by atoms with E-state index in [1.807, 2.05) is 6.21 Å². The molecule has 0 radical (unpaired) electrons. The minimum Gasteiger partial charge on any atom is -0.330 e. The standard InChI is InChI=1S/C27H39N3O/c1-3-30-25(2)22-13-26(21-7-5-4-6-8-21)15-23(25)27(14-22,18-26)24(31)29-17-20-11-9-19(16-28)10-12-20/h4-8,17,19-20,22-23,30H,3,9-16,18,28H2,1-2H3/b29-17+. The molecule has 5 atom stereocenters. The van der Waals surface area contributed by atoms with Crippen LogP contribution >= 0.6 is 0 Å². The van der Waals surface area contributed by atoms with Gasteiger partial charge in [0.2, 0.25) is 0 Å². The summed E-state index contributed by atoms with van der Waals surface area (Å²) in [5, 5.41) is 3.83. The zero-order valence-corrected chi connectivity index (χ0v) is 19.3. The first-order valence-electron chi connectivity index (χ1n) is 12.5. The molecule has 31 heavy (non-hydrogen) atoms. The lowest BCUT2D eigenvalue weighted by Gasteiger charge is -2.48. The Morgan fingerprint density at radius 2 is 1.90 bits per heavy atom. The Balaban J connectivity index is 1.42. The number of benzene rings is 1. The lowest BCUT2D eigenvalue weighted by atomic mass is 9.60. The van der Waals surface area contributed by atoms with Crippen LogP contribution in [0.1, 0.15) is 70.8 Å². The monoisotopic (exact) mass is 421 g/mol. The van der Waals surface area contributed by atoms with E-state index in [1.54, 1.807) is 0 Å². The Morgan fingerprint density at radius 3 is 2.58 bits per heavy atom. The summed E-state index contributed by atoms with van der Waals surface area (Å²) in [6, 6.07) is 11.0. The molecule has 0 aromatic heterocycles. The summed E-state index contributed by atoms with van der Waals surface area (Å²) >= 11 is 0. The van der Waals surface area contributed by atoms with Crippen molar-refractivity contribution < 1.29 is 4.79 Å². The van der Waals surface area contributed by atoms with E-state index in [4.69, 9.17) is 10.7 Å². The van der Waals surface area contributed by atoms with Crippen molar-refractivity contribution in [2.45, 2.75) is 76.2 Å². The van der Waals surface area contributed by atoms with Crippen LogP contribution in [0.15, 0.2) is 35.3 Å². The van der Waals surface area contributed by atoms with Crippen LogP contribution in [0, 0.1) is 29.1 Å². The van der Waals surface area contributed by atoms with Crippen molar-refractivity contribution in [3.63, 3.8) is 0 Å². The summed E-state index contributed by atoms with van der Waals surface area (Å²) in [4.78, 5) is 18.5. The number of nitrogens with one attached hydrogen (secondary N) is 1. The van der Waals surface area contributed by atoms with Gasteiger partial charge < -0.3 is 11.1 Å². The van der Waals surface area contributed by atoms with Gasteiger partial charge in [0, 0.05) is 11.8 Å². The van der Waals surface area contributed by atoms with Crippen molar-refractivity contribution in [3.05, 3.63) is 35.9 Å². The summed E-state index contributed by atoms with van der Waals surface area (Å²) in [6.45, 7) is 6.33. The van der Waals surface area contributed by atoms with Crippen LogP contribution in [-0.4, -0.2) is 30.8 Å². The van der Waals surface area contributed by atoms with Gasteiger partial charge in [-0.3, -0.25) is 4.79 Å². The van der Waals surface area contributed by atoms with Gasteiger partial charge >= 0.3 is 0 Å². The Hall–Kier alpha value is -1.52.